The Kier molecular flexibility index (Phi) is 5.15. The van der Waals surface area contributed by atoms with Crippen LogP contribution < -0.4 is 5.73 Å². The number of rotatable bonds is 6. The molecule has 0 heterocycles. The van der Waals surface area contributed by atoms with Crippen molar-refractivity contribution < 1.29 is 5.11 Å². The summed E-state index contributed by atoms with van der Waals surface area (Å²) in [4.78, 5) is 1.29. The summed E-state index contributed by atoms with van der Waals surface area (Å²) in [5.41, 5.74) is 5.42. The molecule has 0 saturated heterocycles. The summed E-state index contributed by atoms with van der Waals surface area (Å²) < 4.78 is 0. The van der Waals surface area contributed by atoms with Gasteiger partial charge in [0, 0.05) is 10.4 Å². The summed E-state index contributed by atoms with van der Waals surface area (Å²) in [5, 5.41) is 8.98. The molecular weight excluding hydrogens is 206 g/mol. The lowest BCUT2D eigenvalue weighted by atomic mass is 9.99. The Morgan fingerprint density at radius 1 is 1.33 bits per heavy atom. The maximum absolute atomic E-state index is 8.98. The number of hydrogen-bond donors (Lipinski definition) is 2. The van der Waals surface area contributed by atoms with E-state index >= 15 is 0 Å². The molecule has 1 atom stereocenters. The van der Waals surface area contributed by atoms with Crippen LogP contribution in [0.25, 0.3) is 0 Å². The molecule has 1 aromatic carbocycles. The maximum Gasteiger partial charge on any atom is 0.0608 e. The number of benzene rings is 1. The normalized spacial score (nSPS) is 14.9. The van der Waals surface area contributed by atoms with E-state index in [4.69, 9.17) is 10.8 Å². The molecule has 0 aliphatic heterocycles. The van der Waals surface area contributed by atoms with E-state index in [2.05, 4.69) is 12.1 Å². The fourth-order valence-electron chi connectivity index (χ4n) is 1.26. The van der Waals surface area contributed by atoms with Gasteiger partial charge in [0.05, 0.1) is 6.61 Å². The van der Waals surface area contributed by atoms with Crippen LogP contribution in [0.5, 0.6) is 0 Å². The Morgan fingerprint density at radius 3 is 2.60 bits per heavy atom. The van der Waals surface area contributed by atoms with E-state index in [1.54, 1.807) is 0 Å². The van der Waals surface area contributed by atoms with E-state index in [-0.39, 0.29) is 6.61 Å². The highest BCUT2D eigenvalue weighted by atomic mass is 32.2. The predicted octanol–water partition coefficient (Wildman–Crippen LogP) is 2.27. The van der Waals surface area contributed by atoms with Gasteiger partial charge in [0.15, 0.2) is 0 Å². The van der Waals surface area contributed by atoms with E-state index in [9.17, 15) is 0 Å². The lowest BCUT2D eigenvalue weighted by Gasteiger charge is -2.20. The topological polar surface area (TPSA) is 46.2 Å². The zero-order valence-electron chi connectivity index (χ0n) is 9.15. The van der Waals surface area contributed by atoms with Gasteiger partial charge in [-0.3, -0.25) is 0 Å². The van der Waals surface area contributed by atoms with Crippen LogP contribution in [0.4, 0.5) is 0 Å². The monoisotopic (exact) mass is 225 g/mol. The van der Waals surface area contributed by atoms with Gasteiger partial charge in [0.25, 0.3) is 0 Å². The molecule has 0 bridgehead atoms. The van der Waals surface area contributed by atoms with Gasteiger partial charge in [0.2, 0.25) is 0 Å². The van der Waals surface area contributed by atoms with Crippen molar-refractivity contribution in [3.63, 3.8) is 0 Å². The minimum absolute atomic E-state index is 0.0585. The largest absolute Gasteiger partial charge is 0.394 e. The van der Waals surface area contributed by atoms with Crippen LogP contribution in [0.3, 0.4) is 0 Å². The summed E-state index contributed by atoms with van der Waals surface area (Å²) in [6.45, 7) is 1.95. The van der Waals surface area contributed by atoms with Crippen molar-refractivity contribution >= 4 is 11.8 Å². The highest BCUT2D eigenvalue weighted by Gasteiger charge is 2.15. The fourth-order valence-corrected chi connectivity index (χ4v) is 2.14. The van der Waals surface area contributed by atoms with Crippen molar-refractivity contribution in [2.45, 2.75) is 30.2 Å². The van der Waals surface area contributed by atoms with Crippen LogP contribution in [0.1, 0.15) is 19.8 Å². The molecule has 15 heavy (non-hydrogen) atoms. The summed E-state index contributed by atoms with van der Waals surface area (Å²) in [6, 6.07) is 10.3. The molecule has 0 fully saturated rings. The SMILES string of the molecule is CC(N)(CO)CCCSc1ccccc1. The van der Waals surface area contributed by atoms with Crippen LogP contribution in [0.15, 0.2) is 35.2 Å². The second kappa shape index (κ2) is 6.16. The molecule has 3 N–H and O–H groups in total. The average Bonchev–Trinajstić information content (AvgIpc) is 2.26. The van der Waals surface area contributed by atoms with Crippen molar-refractivity contribution in [3.8, 4) is 0 Å². The van der Waals surface area contributed by atoms with Gasteiger partial charge < -0.3 is 10.8 Å². The number of aliphatic hydroxyl groups is 1. The standard InChI is InChI=1S/C12H19NOS/c1-12(13,10-14)8-5-9-15-11-6-3-2-4-7-11/h2-4,6-7,14H,5,8-10,13H2,1H3. The first kappa shape index (κ1) is 12.6. The van der Waals surface area contributed by atoms with Crippen LogP contribution in [-0.2, 0) is 0 Å². The fraction of sp³-hybridized carbons (Fsp3) is 0.500. The van der Waals surface area contributed by atoms with Crippen molar-refractivity contribution in [2.24, 2.45) is 5.73 Å². The summed E-state index contributed by atoms with van der Waals surface area (Å²) in [6.07, 6.45) is 1.90. The zero-order chi connectivity index (χ0) is 11.1. The lowest BCUT2D eigenvalue weighted by Crippen LogP contribution is -2.40. The van der Waals surface area contributed by atoms with Crippen molar-refractivity contribution in [1.29, 1.82) is 0 Å². The van der Waals surface area contributed by atoms with Crippen molar-refractivity contribution in [1.82, 2.24) is 0 Å². The third-order valence-corrected chi connectivity index (χ3v) is 3.36. The molecule has 0 saturated carbocycles. The molecule has 1 unspecified atom stereocenters. The van der Waals surface area contributed by atoms with Gasteiger partial charge in [-0.15, -0.1) is 11.8 Å². The molecule has 1 aromatic rings. The summed E-state index contributed by atoms with van der Waals surface area (Å²) >= 11 is 1.83. The molecule has 0 spiro atoms. The molecule has 0 aromatic heterocycles. The predicted molar refractivity (Wildman–Crippen MR) is 66.1 cm³/mol. The quantitative estimate of drug-likeness (QED) is 0.576. The van der Waals surface area contributed by atoms with Gasteiger partial charge in [-0.1, -0.05) is 18.2 Å². The minimum Gasteiger partial charge on any atom is -0.394 e. The molecule has 2 nitrogen and oxygen atoms in total. The van der Waals surface area contributed by atoms with E-state index in [1.807, 2.05) is 36.9 Å². The Bertz CT molecular complexity index is 274. The summed E-state index contributed by atoms with van der Waals surface area (Å²) in [5.74, 6) is 1.05. The van der Waals surface area contributed by atoms with E-state index in [1.165, 1.54) is 4.90 Å². The number of aliphatic hydroxyl groups excluding tert-OH is 1. The van der Waals surface area contributed by atoms with Crippen LogP contribution in [-0.4, -0.2) is 23.0 Å². The van der Waals surface area contributed by atoms with Gasteiger partial charge in [-0.05, 0) is 37.7 Å². The highest BCUT2D eigenvalue weighted by molar-refractivity contribution is 7.99. The first-order chi connectivity index (χ1) is 7.14. The second-order valence-electron chi connectivity index (χ2n) is 4.08. The zero-order valence-corrected chi connectivity index (χ0v) is 9.96. The molecule has 0 aliphatic rings. The number of thioether (sulfide) groups is 1. The Morgan fingerprint density at radius 2 is 2.00 bits per heavy atom. The van der Waals surface area contributed by atoms with Crippen LogP contribution >= 0.6 is 11.8 Å². The third-order valence-electron chi connectivity index (χ3n) is 2.27. The first-order valence-electron chi connectivity index (χ1n) is 5.22. The lowest BCUT2D eigenvalue weighted by molar-refractivity contribution is 0.200. The Hall–Kier alpha value is -0.510. The minimum atomic E-state index is -0.419. The number of nitrogens with two attached hydrogens (primary N) is 1. The van der Waals surface area contributed by atoms with E-state index < -0.39 is 5.54 Å². The van der Waals surface area contributed by atoms with Gasteiger partial charge in [-0.2, -0.15) is 0 Å². The first-order valence-corrected chi connectivity index (χ1v) is 6.20. The van der Waals surface area contributed by atoms with Crippen LogP contribution in [0.2, 0.25) is 0 Å². The third kappa shape index (κ3) is 5.21. The number of hydrogen-bond acceptors (Lipinski definition) is 3. The van der Waals surface area contributed by atoms with Gasteiger partial charge in [-0.25, -0.2) is 0 Å². The second-order valence-corrected chi connectivity index (χ2v) is 5.25. The molecule has 0 radical (unpaired) electrons. The van der Waals surface area contributed by atoms with Gasteiger partial charge in [0.1, 0.15) is 0 Å². The molecular formula is C12H19NOS. The smallest absolute Gasteiger partial charge is 0.0608 e. The molecule has 0 aliphatic carbocycles. The molecule has 0 amide bonds. The van der Waals surface area contributed by atoms with E-state index in [0.717, 1.165) is 18.6 Å². The molecule has 3 heteroatoms. The van der Waals surface area contributed by atoms with Gasteiger partial charge >= 0.3 is 0 Å². The van der Waals surface area contributed by atoms with Crippen LogP contribution in [0, 0.1) is 0 Å². The Balaban J connectivity index is 2.18. The summed E-state index contributed by atoms with van der Waals surface area (Å²) in [7, 11) is 0. The Labute approximate surface area is 95.9 Å². The average molecular weight is 225 g/mol. The molecule has 1 rings (SSSR count). The van der Waals surface area contributed by atoms with E-state index in [0.29, 0.717) is 0 Å². The highest BCUT2D eigenvalue weighted by Crippen LogP contribution is 2.20. The van der Waals surface area contributed by atoms with Crippen molar-refractivity contribution in [2.75, 3.05) is 12.4 Å². The maximum atomic E-state index is 8.98. The molecule has 84 valence electrons. The van der Waals surface area contributed by atoms with Crippen molar-refractivity contribution in [3.05, 3.63) is 30.3 Å².